The molecule has 1 heterocycles. The maximum Gasteiger partial charge on any atom is 0.0346 e. The highest BCUT2D eigenvalue weighted by Crippen LogP contribution is 2.48. The van der Waals surface area contributed by atoms with Crippen LogP contribution in [0.1, 0.15) is 36.1 Å². The van der Waals surface area contributed by atoms with E-state index in [0.717, 1.165) is 0 Å². The fraction of sp³-hybridized carbons (Fsp3) is 0.192. The topological polar surface area (TPSA) is 12.9 Å². The van der Waals surface area contributed by atoms with Gasteiger partial charge in [-0.2, -0.15) is 0 Å². The number of fused-ring (bicyclic) bond motifs is 4. The molecule has 1 aliphatic rings. The van der Waals surface area contributed by atoms with E-state index >= 15 is 0 Å². The van der Waals surface area contributed by atoms with Crippen LogP contribution < -0.4 is 0 Å². The average Bonchev–Trinajstić information content (AvgIpc) is 2.90. The van der Waals surface area contributed by atoms with Crippen molar-refractivity contribution in [3.05, 3.63) is 101 Å². The molecule has 1 heteroatoms. The Hall–Kier alpha value is -2.93. The van der Waals surface area contributed by atoms with Gasteiger partial charge in [0.25, 0.3) is 0 Å². The van der Waals surface area contributed by atoms with Crippen molar-refractivity contribution in [2.75, 3.05) is 0 Å². The van der Waals surface area contributed by atoms with Crippen molar-refractivity contribution >= 4 is 10.8 Å². The van der Waals surface area contributed by atoms with Gasteiger partial charge in [-0.05, 0) is 47.1 Å². The van der Waals surface area contributed by atoms with Crippen LogP contribution in [0.2, 0.25) is 0 Å². The Kier molecular flexibility index (Phi) is 4.31. The molecule has 1 aromatic heterocycles. The predicted octanol–water partition coefficient (Wildman–Crippen LogP) is 6.84. The Morgan fingerprint density at radius 1 is 0.704 bits per heavy atom. The van der Waals surface area contributed by atoms with Gasteiger partial charge in [0.2, 0.25) is 0 Å². The van der Waals surface area contributed by atoms with Gasteiger partial charge in [-0.25, -0.2) is 0 Å². The first-order chi connectivity index (χ1) is 13.0. The van der Waals surface area contributed by atoms with Gasteiger partial charge in [-0.15, -0.1) is 0 Å². The smallest absolute Gasteiger partial charge is 0.0346 e. The summed E-state index contributed by atoms with van der Waals surface area (Å²) >= 11 is 0. The van der Waals surface area contributed by atoms with Crippen molar-refractivity contribution in [3.8, 4) is 11.1 Å². The van der Waals surface area contributed by atoms with Crippen LogP contribution in [0.5, 0.6) is 0 Å². The minimum Gasteiger partial charge on any atom is -0.264 e. The van der Waals surface area contributed by atoms with Crippen molar-refractivity contribution in [1.29, 1.82) is 0 Å². The van der Waals surface area contributed by atoms with Gasteiger partial charge in [0.15, 0.2) is 0 Å². The zero-order valence-electron chi connectivity index (χ0n) is 16.5. The third-order valence-electron chi connectivity index (χ3n) is 5.61. The SMILES string of the molecule is Cc1ccc2c(c1)-c1ccccc1C2(C)C.Cc1cncc2ccccc12. The van der Waals surface area contributed by atoms with Gasteiger partial charge in [-0.1, -0.05) is 86.1 Å². The summed E-state index contributed by atoms with van der Waals surface area (Å²) in [7, 11) is 0. The van der Waals surface area contributed by atoms with Gasteiger partial charge in [0, 0.05) is 23.2 Å². The lowest BCUT2D eigenvalue weighted by Gasteiger charge is -2.21. The molecule has 3 aromatic carbocycles. The number of benzene rings is 3. The lowest BCUT2D eigenvalue weighted by molar-refractivity contribution is 0.660. The van der Waals surface area contributed by atoms with Crippen LogP contribution in [0.3, 0.4) is 0 Å². The Bertz CT molecular complexity index is 1120. The lowest BCUT2D eigenvalue weighted by atomic mass is 9.82. The molecule has 5 rings (SSSR count). The fourth-order valence-corrected chi connectivity index (χ4v) is 4.10. The number of rotatable bonds is 0. The normalized spacial score (nSPS) is 13.5. The van der Waals surface area contributed by atoms with Crippen LogP contribution in [0.4, 0.5) is 0 Å². The number of hydrogen-bond acceptors (Lipinski definition) is 1. The first-order valence-electron chi connectivity index (χ1n) is 9.49. The van der Waals surface area contributed by atoms with E-state index in [1.165, 1.54) is 44.2 Å². The van der Waals surface area contributed by atoms with Gasteiger partial charge in [-0.3, -0.25) is 4.98 Å². The van der Waals surface area contributed by atoms with Crippen LogP contribution in [-0.2, 0) is 5.41 Å². The number of hydrogen-bond donors (Lipinski definition) is 0. The molecule has 0 unspecified atom stereocenters. The standard InChI is InChI=1S/C16H16.C10H9N/c1-11-8-9-15-13(10-11)12-6-4-5-7-14(12)16(15,2)3;1-8-6-11-7-9-4-2-3-5-10(8)9/h4-10H,1-3H3;2-7H,1H3. The first-order valence-corrected chi connectivity index (χ1v) is 9.49. The average molecular weight is 351 g/mol. The quantitative estimate of drug-likeness (QED) is 0.338. The van der Waals surface area contributed by atoms with Crippen molar-refractivity contribution in [2.24, 2.45) is 0 Å². The van der Waals surface area contributed by atoms with Gasteiger partial charge in [0.1, 0.15) is 0 Å². The highest BCUT2D eigenvalue weighted by Gasteiger charge is 2.34. The Labute approximate surface area is 161 Å². The number of aromatic nitrogens is 1. The van der Waals surface area contributed by atoms with Gasteiger partial charge < -0.3 is 0 Å². The van der Waals surface area contributed by atoms with Gasteiger partial charge >= 0.3 is 0 Å². The molecule has 0 bridgehead atoms. The second-order valence-corrected chi connectivity index (χ2v) is 7.90. The zero-order chi connectivity index (χ0) is 19.0. The molecule has 0 atom stereocenters. The molecule has 0 radical (unpaired) electrons. The van der Waals surface area contributed by atoms with E-state index in [2.05, 4.69) is 93.3 Å². The maximum atomic E-state index is 4.11. The second-order valence-electron chi connectivity index (χ2n) is 7.90. The Morgan fingerprint density at radius 3 is 2.22 bits per heavy atom. The minimum absolute atomic E-state index is 0.152. The van der Waals surface area contributed by atoms with E-state index in [1.54, 1.807) is 0 Å². The molecule has 27 heavy (non-hydrogen) atoms. The fourth-order valence-electron chi connectivity index (χ4n) is 4.10. The summed E-state index contributed by atoms with van der Waals surface area (Å²) in [6.45, 7) is 8.86. The number of aryl methyl sites for hydroxylation is 2. The van der Waals surface area contributed by atoms with Crippen molar-refractivity contribution in [1.82, 2.24) is 4.98 Å². The van der Waals surface area contributed by atoms with Crippen molar-refractivity contribution in [2.45, 2.75) is 33.1 Å². The summed E-state index contributed by atoms with van der Waals surface area (Å²) in [6.07, 6.45) is 3.78. The van der Waals surface area contributed by atoms with E-state index < -0.39 is 0 Å². The van der Waals surface area contributed by atoms with E-state index in [1.807, 2.05) is 18.5 Å². The van der Waals surface area contributed by atoms with Crippen LogP contribution in [-0.4, -0.2) is 4.98 Å². The molecule has 0 amide bonds. The monoisotopic (exact) mass is 351 g/mol. The second kappa shape index (κ2) is 6.66. The summed E-state index contributed by atoms with van der Waals surface area (Å²) in [5.74, 6) is 0. The van der Waals surface area contributed by atoms with Crippen LogP contribution >= 0.6 is 0 Å². The lowest BCUT2D eigenvalue weighted by Crippen LogP contribution is -2.14. The number of nitrogens with zero attached hydrogens (tertiary/aromatic N) is 1. The maximum absolute atomic E-state index is 4.11. The van der Waals surface area contributed by atoms with E-state index in [9.17, 15) is 0 Å². The summed E-state index contributed by atoms with van der Waals surface area (Å²) in [6, 6.07) is 23.8. The molecular weight excluding hydrogens is 326 g/mol. The molecule has 134 valence electrons. The molecule has 4 aromatic rings. The molecule has 0 fully saturated rings. The third-order valence-corrected chi connectivity index (χ3v) is 5.61. The predicted molar refractivity (Wildman–Crippen MR) is 115 cm³/mol. The molecule has 0 aliphatic heterocycles. The van der Waals surface area contributed by atoms with Crippen LogP contribution in [0, 0.1) is 13.8 Å². The summed E-state index contributed by atoms with van der Waals surface area (Å²) in [4.78, 5) is 4.11. The van der Waals surface area contributed by atoms with E-state index in [0.29, 0.717) is 0 Å². The van der Waals surface area contributed by atoms with Crippen LogP contribution in [0.15, 0.2) is 79.1 Å². The summed E-state index contributed by atoms with van der Waals surface area (Å²) in [5, 5.41) is 2.51. The molecule has 0 saturated heterocycles. The Balaban J connectivity index is 0.000000143. The Morgan fingerprint density at radius 2 is 1.41 bits per heavy atom. The molecule has 0 spiro atoms. The highest BCUT2D eigenvalue weighted by molar-refractivity contribution is 5.84. The van der Waals surface area contributed by atoms with Crippen molar-refractivity contribution in [3.63, 3.8) is 0 Å². The summed E-state index contributed by atoms with van der Waals surface area (Å²) in [5.41, 5.74) is 8.47. The highest BCUT2D eigenvalue weighted by atomic mass is 14.6. The largest absolute Gasteiger partial charge is 0.264 e. The first kappa shape index (κ1) is 17.5. The molecule has 0 N–H and O–H groups in total. The van der Waals surface area contributed by atoms with E-state index in [4.69, 9.17) is 0 Å². The minimum atomic E-state index is 0.152. The van der Waals surface area contributed by atoms with E-state index in [-0.39, 0.29) is 5.41 Å². The molecule has 1 aliphatic carbocycles. The molecule has 1 nitrogen and oxygen atoms in total. The zero-order valence-corrected chi connectivity index (χ0v) is 16.5. The van der Waals surface area contributed by atoms with Gasteiger partial charge in [0.05, 0.1) is 0 Å². The van der Waals surface area contributed by atoms with Crippen LogP contribution in [0.25, 0.3) is 21.9 Å². The molecular formula is C26H25N. The summed E-state index contributed by atoms with van der Waals surface area (Å²) < 4.78 is 0. The molecule has 0 saturated carbocycles. The van der Waals surface area contributed by atoms with Crippen molar-refractivity contribution < 1.29 is 0 Å². The number of pyridine rings is 1. The third kappa shape index (κ3) is 3.04.